The molecule has 0 radical (unpaired) electrons. The minimum atomic E-state index is 0. The lowest BCUT2D eigenvalue weighted by Crippen LogP contribution is -1.82. The van der Waals surface area contributed by atoms with Gasteiger partial charge in [0.1, 0.15) is 0 Å². The lowest BCUT2D eigenvalue weighted by Gasteiger charge is -1.95. The monoisotopic (exact) mass is 220 g/mol. The van der Waals surface area contributed by atoms with Gasteiger partial charge >= 0.3 is 0 Å². The van der Waals surface area contributed by atoms with Gasteiger partial charge in [0.25, 0.3) is 0 Å². The first-order valence-electron chi connectivity index (χ1n) is 6.10. The van der Waals surface area contributed by atoms with E-state index < -0.39 is 0 Å². The van der Waals surface area contributed by atoms with Gasteiger partial charge in [0.15, 0.2) is 0 Å². The van der Waals surface area contributed by atoms with Crippen molar-refractivity contribution in [2.75, 3.05) is 19.8 Å². The van der Waals surface area contributed by atoms with E-state index in [0.29, 0.717) is 6.61 Å². The minimum absolute atomic E-state index is 0. The fourth-order valence-electron chi connectivity index (χ4n) is 1.40. The van der Waals surface area contributed by atoms with E-state index in [9.17, 15) is 0 Å². The lowest BCUT2D eigenvalue weighted by molar-refractivity contribution is 0.198. The van der Waals surface area contributed by atoms with Crippen LogP contribution in [-0.2, 0) is 4.74 Å². The molecule has 0 amide bonds. The topological polar surface area (TPSA) is 61.0 Å². The molecule has 0 aromatic carbocycles. The molecule has 3 heteroatoms. The zero-order valence-electron chi connectivity index (χ0n) is 10.1. The summed E-state index contributed by atoms with van der Waals surface area (Å²) in [5.41, 5.74) is 0. The van der Waals surface area contributed by atoms with Crippen LogP contribution in [-0.4, -0.2) is 30.4 Å². The van der Waals surface area contributed by atoms with E-state index in [2.05, 4.69) is 6.92 Å². The summed E-state index contributed by atoms with van der Waals surface area (Å²) in [4.78, 5) is 0. The highest BCUT2D eigenvalue weighted by Gasteiger charge is 1.94. The zero-order chi connectivity index (χ0) is 10.5. The van der Waals surface area contributed by atoms with Crippen molar-refractivity contribution in [3.05, 3.63) is 0 Å². The molecule has 0 aliphatic carbocycles. The van der Waals surface area contributed by atoms with Gasteiger partial charge in [0, 0.05) is 19.8 Å². The summed E-state index contributed by atoms with van der Waals surface area (Å²) in [6.45, 7) is 4.58. The van der Waals surface area contributed by atoms with Crippen LogP contribution in [0.1, 0.15) is 58.3 Å². The molecule has 1 heterocycles. The molecule has 0 aromatic heterocycles. The highest BCUT2D eigenvalue weighted by Crippen LogP contribution is 2.03. The van der Waals surface area contributed by atoms with E-state index in [0.717, 1.165) is 19.6 Å². The van der Waals surface area contributed by atoms with E-state index in [1.165, 1.54) is 44.9 Å². The van der Waals surface area contributed by atoms with Crippen molar-refractivity contribution in [1.29, 1.82) is 0 Å². The highest BCUT2D eigenvalue weighted by molar-refractivity contribution is 4.43. The SMILES string of the molecule is C1CCOC1.CCCCCCCCO.O. The Morgan fingerprint density at radius 1 is 0.933 bits per heavy atom. The van der Waals surface area contributed by atoms with E-state index in [4.69, 9.17) is 9.84 Å². The third-order valence-corrected chi connectivity index (χ3v) is 2.34. The van der Waals surface area contributed by atoms with Crippen molar-refractivity contribution in [2.24, 2.45) is 0 Å². The summed E-state index contributed by atoms with van der Waals surface area (Å²) < 4.78 is 4.94. The second-order valence-corrected chi connectivity index (χ2v) is 3.81. The summed E-state index contributed by atoms with van der Waals surface area (Å²) in [6, 6.07) is 0. The van der Waals surface area contributed by atoms with E-state index in [1.807, 2.05) is 0 Å². The molecule has 1 aliphatic heterocycles. The predicted molar refractivity (Wildman–Crippen MR) is 64.1 cm³/mol. The van der Waals surface area contributed by atoms with Crippen LogP contribution in [0.15, 0.2) is 0 Å². The molecule has 0 aromatic rings. The van der Waals surface area contributed by atoms with Gasteiger partial charge in [-0.05, 0) is 19.3 Å². The molecule has 3 nitrogen and oxygen atoms in total. The van der Waals surface area contributed by atoms with Crippen molar-refractivity contribution in [1.82, 2.24) is 0 Å². The maximum Gasteiger partial charge on any atom is 0.0466 e. The zero-order valence-corrected chi connectivity index (χ0v) is 10.1. The van der Waals surface area contributed by atoms with Crippen LogP contribution in [0.25, 0.3) is 0 Å². The normalized spacial score (nSPS) is 14.0. The number of aliphatic hydroxyl groups excluding tert-OH is 1. The van der Waals surface area contributed by atoms with E-state index >= 15 is 0 Å². The molecular weight excluding hydrogens is 192 g/mol. The Bertz CT molecular complexity index is 79.3. The molecule has 0 saturated carbocycles. The Morgan fingerprint density at radius 3 is 1.87 bits per heavy atom. The molecule has 1 fully saturated rings. The van der Waals surface area contributed by atoms with Crippen LogP contribution in [0.2, 0.25) is 0 Å². The fraction of sp³-hybridized carbons (Fsp3) is 1.00. The number of unbranched alkanes of at least 4 members (excludes halogenated alkanes) is 5. The average molecular weight is 220 g/mol. The molecule has 0 unspecified atom stereocenters. The van der Waals surface area contributed by atoms with Gasteiger partial charge in [-0.15, -0.1) is 0 Å². The Balaban J connectivity index is 0. The van der Waals surface area contributed by atoms with Gasteiger partial charge < -0.3 is 15.3 Å². The van der Waals surface area contributed by atoms with Gasteiger partial charge in [0.05, 0.1) is 0 Å². The number of ether oxygens (including phenoxy) is 1. The molecule has 1 saturated heterocycles. The van der Waals surface area contributed by atoms with Crippen molar-refractivity contribution < 1.29 is 15.3 Å². The smallest absolute Gasteiger partial charge is 0.0466 e. The summed E-state index contributed by atoms with van der Waals surface area (Å²) in [7, 11) is 0. The first-order valence-corrected chi connectivity index (χ1v) is 6.10. The lowest BCUT2D eigenvalue weighted by atomic mass is 10.1. The van der Waals surface area contributed by atoms with Gasteiger partial charge in [-0.3, -0.25) is 0 Å². The van der Waals surface area contributed by atoms with Crippen molar-refractivity contribution in [3.63, 3.8) is 0 Å². The average Bonchev–Trinajstić information content (AvgIpc) is 2.76. The number of hydrogen-bond acceptors (Lipinski definition) is 2. The van der Waals surface area contributed by atoms with Crippen molar-refractivity contribution >= 4 is 0 Å². The maximum atomic E-state index is 8.42. The maximum absolute atomic E-state index is 8.42. The van der Waals surface area contributed by atoms with E-state index in [-0.39, 0.29) is 5.48 Å². The quantitative estimate of drug-likeness (QED) is 0.698. The number of hydrogen-bond donors (Lipinski definition) is 1. The highest BCUT2D eigenvalue weighted by atomic mass is 16.5. The molecular formula is C12H28O3. The molecule has 0 spiro atoms. The fourth-order valence-corrected chi connectivity index (χ4v) is 1.40. The minimum Gasteiger partial charge on any atom is -0.412 e. The first-order chi connectivity index (χ1) is 6.91. The van der Waals surface area contributed by atoms with Crippen LogP contribution < -0.4 is 0 Å². The Labute approximate surface area is 94.1 Å². The van der Waals surface area contributed by atoms with Crippen LogP contribution in [0, 0.1) is 0 Å². The van der Waals surface area contributed by atoms with Crippen molar-refractivity contribution in [3.8, 4) is 0 Å². The summed E-state index contributed by atoms with van der Waals surface area (Å²) in [6.07, 6.45) is 10.1. The van der Waals surface area contributed by atoms with Gasteiger partial charge in [-0.1, -0.05) is 39.0 Å². The van der Waals surface area contributed by atoms with Gasteiger partial charge in [-0.2, -0.15) is 0 Å². The first kappa shape index (κ1) is 17.3. The van der Waals surface area contributed by atoms with Crippen molar-refractivity contribution in [2.45, 2.75) is 58.3 Å². The second-order valence-electron chi connectivity index (χ2n) is 3.81. The Morgan fingerprint density at radius 2 is 1.47 bits per heavy atom. The number of rotatable bonds is 6. The van der Waals surface area contributed by atoms with E-state index in [1.54, 1.807) is 0 Å². The molecule has 1 rings (SSSR count). The van der Waals surface area contributed by atoms with Crippen LogP contribution in [0.4, 0.5) is 0 Å². The summed E-state index contributed by atoms with van der Waals surface area (Å²) in [5, 5.41) is 8.42. The molecule has 0 atom stereocenters. The standard InChI is InChI=1S/C8H18O.C4H8O.H2O/c1-2-3-4-5-6-7-8-9;1-2-4-5-3-1;/h9H,2-8H2,1H3;1-4H2;1H2. The molecule has 94 valence electrons. The number of aliphatic hydroxyl groups is 1. The molecule has 0 bridgehead atoms. The van der Waals surface area contributed by atoms with Crippen LogP contribution in [0.3, 0.4) is 0 Å². The molecule has 15 heavy (non-hydrogen) atoms. The Hall–Kier alpha value is -0.120. The van der Waals surface area contributed by atoms with Gasteiger partial charge in [0.2, 0.25) is 0 Å². The second kappa shape index (κ2) is 16.3. The molecule has 3 N–H and O–H groups in total. The van der Waals surface area contributed by atoms with Gasteiger partial charge in [-0.25, -0.2) is 0 Å². The summed E-state index contributed by atoms with van der Waals surface area (Å²) >= 11 is 0. The van der Waals surface area contributed by atoms with Crippen LogP contribution in [0.5, 0.6) is 0 Å². The molecule has 1 aliphatic rings. The largest absolute Gasteiger partial charge is 0.412 e. The predicted octanol–water partition coefficient (Wildman–Crippen LogP) is 2.31. The third-order valence-electron chi connectivity index (χ3n) is 2.34. The Kier molecular flexibility index (Phi) is 18.8. The summed E-state index contributed by atoms with van der Waals surface area (Å²) in [5.74, 6) is 0. The third kappa shape index (κ3) is 16.5. The van der Waals surface area contributed by atoms with Crippen LogP contribution >= 0.6 is 0 Å².